The average Bonchev–Trinajstić information content (AvgIpc) is 2.80. The van der Waals surface area contributed by atoms with E-state index in [0.717, 1.165) is 16.2 Å². The van der Waals surface area contributed by atoms with E-state index in [2.05, 4.69) is 0 Å². The molecule has 0 aliphatic heterocycles. The average molecular weight is 308 g/mol. The van der Waals surface area contributed by atoms with E-state index in [1.54, 1.807) is 30.6 Å². The van der Waals surface area contributed by atoms with Crippen LogP contribution in [0.5, 0.6) is 5.75 Å². The van der Waals surface area contributed by atoms with Gasteiger partial charge in [0.25, 0.3) is 0 Å². The molecule has 1 nitrogen and oxygen atoms in total. The van der Waals surface area contributed by atoms with Gasteiger partial charge in [0.2, 0.25) is 0 Å². The second-order valence-corrected chi connectivity index (χ2v) is 5.62. The number of rotatable bonds is 3. The maximum Gasteiger partial charge on any atom is 0.129 e. The van der Waals surface area contributed by atoms with Crippen molar-refractivity contribution < 1.29 is 4.74 Å². The molecule has 0 aliphatic carbocycles. The topological polar surface area (TPSA) is 9.23 Å². The van der Waals surface area contributed by atoms with Crippen LogP contribution in [0.25, 0.3) is 0 Å². The standard InChI is InChI=1S/C12H9Cl3OS/c1-16-8-5-11(17-6-8)12(15)7-2-3-9(13)10(14)4-7/h2-6,12H,1H3. The molecule has 17 heavy (non-hydrogen) atoms. The van der Waals surface area contributed by atoms with Crippen LogP contribution in [0.1, 0.15) is 15.8 Å². The normalized spacial score (nSPS) is 12.5. The first kappa shape index (κ1) is 13.0. The summed E-state index contributed by atoms with van der Waals surface area (Å²) in [6.07, 6.45) is 0. The van der Waals surface area contributed by atoms with Gasteiger partial charge in [0, 0.05) is 10.3 Å². The van der Waals surface area contributed by atoms with Crippen molar-refractivity contribution in [3.05, 3.63) is 50.1 Å². The van der Waals surface area contributed by atoms with E-state index in [1.807, 2.05) is 17.5 Å². The lowest BCUT2D eigenvalue weighted by Crippen LogP contribution is -1.90. The maximum atomic E-state index is 6.38. The molecule has 0 bridgehead atoms. The van der Waals surface area contributed by atoms with E-state index >= 15 is 0 Å². The molecule has 5 heteroatoms. The molecule has 0 N–H and O–H groups in total. The highest BCUT2D eigenvalue weighted by Crippen LogP contribution is 2.37. The molecule has 2 rings (SSSR count). The molecule has 2 aromatic rings. The fourth-order valence-electron chi connectivity index (χ4n) is 1.41. The second-order valence-electron chi connectivity index (χ2n) is 3.43. The Hall–Kier alpha value is -0.410. The molecule has 0 amide bonds. The summed E-state index contributed by atoms with van der Waals surface area (Å²) in [5.41, 5.74) is 0.922. The van der Waals surface area contributed by atoms with E-state index in [1.165, 1.54) is 0 Å². The SMILES string of the molecule is COc1csc(C(Cl)c2ccc(Cl)c(Cl)c2)c1. The van der Waals surface area contributed by atoms with E-state index in [0.29, 0.717) is 10.0 Å². The van der Waals surface area contributed by atoms with Crippen LogP contribution in [0.2, 0.25) is 10.0 Å². The molecule has 0 saturated heterocycles. The Morgan fingerprint density at radius 2 is 1.94 bits per heavy atom. The second kappa shape index (κ2) is 5.49. The largest absolute Gasteiger partial charge is 0.496 e. The number of benzene rings is 1. The van der Waals surface area contributed by atoms with Gasteiger partial charge in [-0.1, -0.05) is 29.3 Å². The number of ether oxygens (including phenoxy) is 1. The highest BCUT2D eigenvalue weighted by molar-refractivity contribution is 7.10. The van der Waals surface area contributed by atoms with Crippen LogP contribution in [-0.2, 0) is 0 Å². The molecule has 1 unspecified atom stereocenters. The molecule has 1 aromatic carbocycles. The molecule has 90 valence electrons. The summed E-state index contributed by atoms with van der Waals surface area (Å²) in [5, 5.41) is 2.72. The van der Waals surface area contributed by atoms with E-state index in [9.17, 15) is 0 Å². The molecule has 0 radical (unpaired) electrons. The number of alkyl halides is 1. The van der Waals surface area contributed by atoms with Crippen molar-refractivity contribution in [2.45, 2.75) is 5.38 Å². The fourth-order valence-corrected chi connectivity index (χ4v) is 2.92. The Labute approximate surface area is 119 Å². The number of thiophene rings is 1. The number of hydrogen-bond acceptors (Lipinski definition) is 2. The van der Waals surface area contributed by atoms with Gasteiger partial charge in [-0.3, -0.25) is 0 Å². The smallest absolute Gasteiger partial charge is 0.129 e. The van der Waals surface area contributed by atoms with Gasteiger partial charge in [0.1, 0.15) is 5.75 Å². The Kier molecular flexibility index (Phi) is 4.21. The summed E-state index contributed by atoms with van der Waals surface area (Å²) < 4.78 is 5.13. The summed E-state index contributed by atoms with van der Waals surface area (Å²) in [6.45, 7) is 0. The molecule has 1 heterocycles. The van der Waals surface area contributed by atoms with Gasteiger partial charge in [-0.2, -0.15) is 0 Å². The Morgan fingerprint density at radius 3 is 2.53 bits per heavy atom. The first-order valence-electron chi connectivity index (χ1n) is 4.83. The monoisotopic (exact) mass is 306 g/mol. The minimum Gasteiger partial charge on any atom is -0.496 e. The molecular weight excluding hydrogens is 299 g/mol. The van der Waals surface area contributed by atoms with Crippen molar-refractivity contribution in [3.8, 4) is 5.75 Å². The predicted molar refractivity (Wildman–Crippen MR) is 75.0 cm³/mol. The number of methoxy groups -OCH3 is 1. The van der Waals surface area contributed by atoms with Crippen molar-refractivity contribution in [3.63, 3.8) is 0 Å². The van der Waals surface area contributed by atoms with Gasteiger partial charge in [-0.25, -0.2) is 0 Å². The third-order valence-electron chi connectivity index (χ3n) is 2.32. The Morgan fingerprint density at radius 1 is 1.18 bits per heavy atom. The highest BCUT2D eigenvalue weighted by atomic mass is 35.5. The minimum atomic E-state index is -0.237. The molecule has 1 atom stereocenters. The molecule has 0 fully saturated rings. The van der Waals surface area contributed by atoms with Crippen LogP contribution < -0.4 is 4.74 Å². The first-order chi connectivity index (χ1) is 8.11. The summed E-state index contributed by atoms with van der Waals surface area (Å²) in [5.74, 6) is 0.815. The lowest BCUT2D eigenvalue weighted by Gasteiger charge is -2.08. The van der Waals surface area contributed by atoms with Crippen molar-refractivity contribution in [1.29, 1.82) is 0 Å². The van der Waals surface area contributed by atoms with Gasteiger partial charge in [0.15, 0.2) is 0 Å². The van der Waals surface area contributed by atoms with E-state index in [4.69, 9.17) is 39.5 Å². The van der Waals surface area contributed by atoms with Crippen molar-refractivity contribution in [2.75, 3.05) is 7.11 Å². The summed E-state index contributed by atoms with van der Waals surface area (Å²) >= 11 is 19.8. The van der Waals surface area contributed by atoms with Crippen molar-refractivity contribution in [1.82, 2.24) is 0 Å². The summed E-state index contributed by atoms with van der Waals surface area (Å²) in [6, 6.07) is 7.33. The zero-order valence-electron chi connectivity index (χ0n) is 8.91. The van der Waals surface area contributed by atoms with Crippen LogP contribution in [-0.4, -0.2) is 7.11 Å². The quantitative estimate of drug-likeness (QED) is 0.691. The first-order valence-corrected chi connectivity index (χ1v) is 6.90. The molecule has 0 saturated carbocycles. The van der Waals surface area contributed by atoms with Gasteiger partial charge in [-0.15, -0.1) is 22.9 Å². The third kappa shape index (κ3) is 2.89. The van der Waals surface area contributed by atoms with Gasteiger partial charge < -0.3 is 4.74 Å². The minimum absolute atomic E-state index is 0.237. The van der Waals surface area contributed by atoms with Crippen molar-refractivity contribution >= 4 is 46.1 Å². The number of halogens is 3. The van der Waals surface area contributed by atoms with E-state index < -0.39 is 0 Å². The van der Waals surface area contributed by atoms with Crippen LogP contribution in [0.3, 0.4) is 0 Å². The lowest BCUT2D eigenvalue weighted by molar-refractivity contribution is 0.416. The third-order valence-corrected chi connectivity index (χ3v) is 4.65. The van der Waals surface area contributed by atoms with Crippen LogP contribution >= 0.6 is 46.1 Å². The highest BCUT2D eigenvalue weighted by Gasteiger charge is 2.14. The van der Waals surface area contributed by atoms with Crippen LogP contribution in [0.15, 0.2) is 29.6 Å². The molecule has 0 aliphatic rings. The Balaban J connectivity index is 2.29. The van der Waals surface area contributed by atoms with E-state index in [-0.39, 0.29) is 5.38 Å². The molecular formula is C12H9Cl3OS. The predicted octanol–water partition coefficient (Wildman–Crippen LogP) is 5.39. The molecule has 1 aromatic heterocycles. The van der Waals surface area contributed by atoms with Gasteiger partial charge >= 0.3 is 0 Å². The Bertz CT molecular complexity index is 524. The summed E-state index contributed by atoms with van der Waals surface area (Å²) in [4.78, 5) is 1.02. The lowest BCUT2D eigenvalue weighted by atomic mass is 10.1. The zero-order valence-corrected chi connectivity index (χ0v) is 12.0. The van der Waals surface area contributed by atoms with Crippen LogP contribution in [0, 0.1) is 0 Å². The summed E-state index contributed by atoms with van der Waals surface area (Å²) in [7, 11) is 1.63. The zero-order chi connectivity index (χ0) is 12.4. The fraction of sp³-hybridized carbons (Fsp3) is 0.167. The maximum absolute atomic E-state index is 6.38. The van der Waals surface area contributed by atoms with Gasteiger partial charge in [0.05, 0.1) is 22.5 Å². The van der Waals surface area contributed by atoms with Crippen LogP contribution in [0.4, 0.5) is 0 Å². The van der Waals surface area contributed by atoms with Gasteiger partial charge in [-0.05, 0) is 23.8 Å². The molecule has 0 spiro atoms. The van der Waals surface area contributed by atoms with Crippen molar-refractivity contribution in [2.24, 2.45) is 0 Å². The number of hydrogen-bond donors (Lipinski definition) is 0.